The van der Waals surface area contributed by atoms with Crippen LogP contribution < -0.4 is 20.9 Å². The minimum Gasteiger partial charge on any atom is -0.496 e. The van der Waals surface area contributed by atoms with Crippen LogP contribution in [0.4, 0.5) is 0 Å². The van der Waals surface area contributed by atoms with E-state index in [1.807, 2.05) is 24.3 Å². The number of hydrogen-bond acceptors (Lipinski definition) is 5. The van der Waals surface area contributed by atoms with E-state index in [4.69, 9.17) is 16.3 Å². The number of nitrogens with one attached hydrogen (secondary N) is 2. The van der Waals surface area contributed by atoms with E-state index in [-0.39, 0.29) is 42.5 Å². The molecule has 1 aromatic heterocycles. The van der Waals surface area contributed by atoms with E-state index >= 15 is 0 Å². The molecule has 0 bridgehead atoms. The Morgan fingerprint density at radius 3 is 2.69 bits per heavy atom. The predicted molar refractivity (Wildman–Crippen MR) is 150 cm³/mol. The zero-order valence-electron chi connectivity index (χ0n) is 19.8. The van der Waals surface area contributed by atoms with Gasteiger partial charge < -0.3 is 15.4 Å². The first-order valence-electron chi connectivity index (χ1n) is 11.5. The molecule has 36 heavy (non-hydrogen) atoms. The van der Waals surface area contributed by atoms with Crippen molar-refractivity contribution >= 4 is 47.3 Å². The SMILES string of the molecule is COc1ccc(-n2cnc3ccc(Cl)cc3c2=O)cc1CN[C@H]1CCCN[C@H]1c1ccccc1.Cl.Cl. The van der Waals surface area contributed by atoms with Gasteiger partial charge in [0.2, 0.25) is 0 Å². The van der Waals surface area contributed by atoms with Crippen LogP contribution in [-0.2, 0) is 6.54 Å². The lowest BCUT2D eigenvalue weighted by Gasteiger charge is -2.34. The minimum atomic E-state index is -0.155. The van der Waals surface area contributed by atoms with E-state index in [1.165, 1.54) is 5.56 Å². The number of methoxy groups -OCH3 is 1. The normalized spacial score (nSPS) is 17.2. The van der Waals surface area contributed by atoms with Crippen molar-refractivity contribution in [3.63, 3.8) is 0 Å². The van der Waals surface area contributed by atoms with Crippen LogP contribution in [0, 0.1) is 0 Å². The zero-order chi connectivity index (χ0) is 23.5. The smallest absolute Gasteiger partial charge is 0.265 e. The lowest BCUT2D eigenvalue weighted by Crippen LogP contribution is -2.45. The summed E-state index contributed by atoms with van der Waals surface area (Å²) in [5, 5.41) is 8.39. The molecule has 3 aromatic carbocycles. The molecule has 2 heterocycles. The molecule has 2 atom stereocenters. The van der Waals surface area contributed by atoms with Gasteiger partial charge in [0.1, 0.15) is 12.1 Å². The van der Waals surface area contributed by atoms with Crippen molar-refractivity contribution in [2.45, 2.75) is 31.5 Å². The highest BCUT2D eigenvalue weighted by Crippen LogP contribution is 2.26. The Labute approximate surface area is 227 Å². The molecule has 2 N–H and O–H groups in total. The first-order valence-corrected chi connectivity index (χ1v) is 11.9. The number of benzene rings is 3. The Morgan fingerprint density at radius 1 is 1.11 bits per heavy atom. The van der Waals surface area contributed by atoms with Crippen LogP contribution in [0.15, 0.2) is 77.9 Å². The Hall–Kier alpha value is -2.61. The van der Waals surface area contributed by atoms with E-state index in [0.29, 0.717) is 22.5 Å². The van der Waals surface area contributed by atoms with Crippen molar-refractivity contribution in [3.8, 4) is 11.4 Å². The standard InChI is InChI=1S/C27H27ClN4O2.2ClH/c1-34-25-12-10-21(32-17-31-23-11-9-20(28)15-22(23)27(32)33)14-19(25)16-30-24-8-5-13-29-26(24)18-6-3-2-4-7-18;;/h2-4,6-7,9-12,14-15,17,24,26,29-30H,5,8,13,16H2,1H3;2*1H/t24-,26-;;/m0../s1. The maximum atomic E-state index is 13.2. The molecule has 0 amide bonds. The highest BCUT2D eigenvalue weighted by Gasteiger charge is 2.25. The van der Waals surface area contributed by atoms with E-state index in [0.717, 1.165) is 36.4 Å². The Morgan fingerprint density at radius 2 is 1.92 bits per heavy atom. The minimum absolute atomic E-state index is 0. The van der Waals surface area contributed by atoms with Crippen LogP contribution in [0.2, 0.25) is 5.02 Å². The Balaban J connectivity index is 0.00000180. The first-order chi connectivity index (χ1) is 16.6. The van der Waals surface area contributed by atoms with E-state index in [2.05, 4.69) is 39.9 Å². The van der Waals surface area contributed by atoms with Crippen LogP contribution in [0.3, 0.4) is 0 Å². The second-order valence-corrected chi connectivity index (χ2v) is 8.99. The van der Waals surface area contributed by atoms with E-state index < -0.39 is 0 Å². The molecule has 1 fully saturated rings. The molecule has 6 nitrogen and oxygen atoms in total. The number of halogens is 3. The lowest BCUT2D eigenvalue weighted by atomic mass is 9.92. The summed E-state index contributed by atoms with van der Waals surface area (Å²) in [5.41, 5.74) is 3.47. The highest BCUT2D eigenvalue weighted by atomic mass is 35.5. The van der Waals surface area contributed by atoms with E-state index in [9.17, 15) is 4.79 Å². The molecule has 0 radical (unpaired) electrons. The molecule has 0 aliphatic carbocycles. The number of ether oxygens (including phenoxy) is 1. The summed E-state index contributed by atoms with van der Waals surface area (Å²) in [6, 6.07) is 22.0. The molecule has 190 valence electrons. The number of piperidine rings is 1. The van der Waals surface area contributed by atoms with Crippen molar-refractivity contribution in [3.05, 3.63) is 99.6 Å². The zero-order valence-corrected chi connectivity index (χ0v) is 22.2. The van der Waals surface area contributed by atoms with Gasteiger partial charge in [-0.1, -0.05) is 41.9 Å². The summed E-state index contributed by atoms with van der Waals surface area (Å²) < 4.78 is 7.18. The third-order valence-electron chi connectivity index (χ3n) is 6.43. The monoisotopic (exact) mass is 546 g/mol. The molecule has 5 rings (SSSR count). The van der Waals surface area contributed by atoms with Gasteiger partial charge in [0.15, 0.2) is 0 Å². The summed E-state index contributed by atoms with van der Waals surface area (Å²) in [5.74, 6) is 0.779. The second-order valence-electron chi connectivity index (χ2n) is 8.55. The quantitative estimate of drug-likeness (QED) is 0.335. The number of rotatable bonds is 6. The van der Waals surface area contributed by atoms with Gasteiger partial charge in [0.05, 0.1) is 23.7 Å². The molecule has 0 spiro atoms. The summed E-state index contributed by atoms with van der Waals surface area (Å²) in [7, 11) is 1.67. The molecule has 0 unspecified atom stereocenters. The van der Waals surface area contributed by atoms with E-state index in [1.54, 1.807) is 36.2 Å². The fraction of sp³-hybridized carbons (Fsp3) is 0.259. The average Bonchev–Trinajstić information content (AvgIpc) is 2.88. The van der Waals surface area contributed by atoms with Crippen molar-refractivity contribution in [2.75, 3.05) is 13.7 Å². The van der Waals surface area contributed by atoms with Crippen molar-refractivity contribution in [2.24, 2.45) is 0 Å². The van der Waals surface area contributed by atoms with Gasteiger partial charge >= 0.3 is 0 Å². The van der Waals surface area contributed by atoms with Crippen LogP contribution >= 0.6 is 36.4 Å². The fourth-order valence-corrected chi connectivity index (χ4v) is 4.86. The highest BCUT2D eigenvalue weighted by molar-refractivity contribution is 6.31. The summed E-state index contributed by atoms with van der Waals surface area (Å²) >= 11 is 6.12. The van der Waals surface area contributed by atoms with Crippen LogP contribution in [0.25, 0.3) is 16.6 Å². The van der Waals surface area contributed by atoms with Gasteiger partial charge in [-0.2, -0.15) is 0 Å². The third kappa shape index (κ3) is 5.85. The van der Waals surface area contributed by atoms with Gasteiger partial charge in [-0.05, 0) is 61.3 Å². The number of aromatic nitrogens is 2. The lowest BCUT2D eigenvalue weighted by molar-refractivity contribution is 0.303. The fourth-order valence-electron chi connectivity index (χ4n) is 4.69. The summed E-state index contributed by atoms with van der Waals surface area (Å²) in [6.07, 6.45) is 3.77. The largest absolute Gasteiger partial charge is 0.496 e. The van der Waals surface area contributed by atoms with Gasteiger partial charge in [0.25, 0.3) is 5.56 Å². The summed E-state index contributed by atoms with van der Waals surface area (Å²) in [4.78, 5) is 17.6. The van der Waals surface area contributed by atoms with Crippen molar-refractivity contribution in [1.82, 2.24) is 20.2 Å². The Kier molecular flexibility index (Phi) is 9.77. The maximum Gasteiger partial charge on any atom is 0.265 e. The molecular formula is C27H29Cl3N4O2. The number of hydrogen-bond donors (Lipinski definition) is 2. The molecular weight excluding hydrogens is 519 g/mol. The molecule has 4 aromatic rings. The molecule has 1 aliphatic heterocycles. The molecule has 9 heteroatoms. The third-order valence-corrected chi connectivity index (χ3v) is 6.67. The average molecular weight is 548 g/mol. The van der Waals surface area contributed by atoms with Gasteiger partial charge in [-0.15, -0.1) is 24.8 Å². The van der Waals surface area contributed by atoms with Crippen molar-refractivity contribution in [1.29, 1.82) is 0 Å². The number of fused-ring (bicyclic) bond motifs is 1. The predicted octanol–water partition coefficient (Wildman–Crippen LogP) is 5.47. The van der Waals surface area contributed by atoms with Crippen molar-refractivity contribution < 1.29 is 4.74 Å². The second kappa shape index (κ2) is 12.6. The molecule has 1 saturated heterocycles. The number of nitrogens with zero attached hydrogens (tertiary/aromatic N) is 2. The van der Waals surface area contributed by atoms with Gasteiger partial charge in [-0.3, -0.25) is 9.36 Å². The first kappa shape index (κ1) is 28.0. The van der Waals surface area contributed by atoms with Gasteiger partial charge in [0, 0.05) is 29.2 Å². The molecule has 1 aliphatic rings. The van der Waals surface area contributed by atoms with Crippen LogP contribution in [0.5, 0.6) is 5.75 Å². The topological polar surface area (TPSA) is 68.2 Å². The van der Waals surface area contributed by atoms with Crippen LogP contribution in [-0.4, -0.2) is 29.2 Å². The molecule has 0 saturated carbocycles. The maximum absolute atomic E-state index is 13.2. The Bertz CT molecular complexity index is 1360. The van der Waals surface area contributed by atoms with Gasteiger partial charge in [-0.25, -0.2) is 4.98 Å². The van der Waals surface area contributed by atoms with Crippen LogP contribution in [0.1, 0.15) is 30.0 Å². The summed E-state index contributed by atoms with van der Waals surface area (Å²) in [6.45, 7) is 1.63.